The van der Waals surface area contributed by atoms with Gasteiger partial charge in [0, 0.05) is 26.0 Å². The summed E-state index contributed by atoms with van der Waals surface area (Å²) in [5.41, 5.74) is 3.04. The van der Waals surface area contributed by atoms with Crippen LogP contribution in [0.15, 0.2) is 45.7 Å². The van der Waals surface area contributed by atoms with Crippen LogP contribution in [0.3, 0.4) is 0 Å². The molecule has 1 aromatic carbocycles. The van der Waals surface area contributed by atoms with Crippen molar-refractivity contribution in [1.82, 2.24) is 19.8 Å². The van der Waals surface area contributed by atoms with E-state index < -0.39 is 5.76 Å². The number of benzene rings is 1. The molecule has 7 nitrogen and oxygen atoms in total. The van der Waals surface area contributed by atoms with Crippen LogP contribution < -0.4 is 11.1 Å². The van der Waals surface area contributed by atoms with Gasteiger partial charge in [0.1, 0.15) is 0 Å². The van der Waals surface area contributed by atoms with Crippen LogP contribution in [0.4, 0.5) is 4.79 Å². The molecule has 1 atom stereocenters. The van der Waals surface area contributed by atoms with Crippen molar-refractivity contribution in [1.29, 1.82) is 0 Å². The molecule has 7 heteroatoms. The fourth-order valence-electron chi connectivity index (χ4n) is 2.59. The lowest BCUT2D eigenvalue weighted by molar-refractivity contribution is 0.202. The second-order valence-electron chi connectivity index (χ2n) is 5.91. The highest BCUT2D eigenvalue weighted by Gasteiger charge is 2.15. The molecule has 0 saturated carbocycles. The zero-order valence-corrected chi connectivity index (χ0v) is 13.9. The lowest BCUT2D eigenvalue weighted by atomic mass is 10.1. The van der Waals surface area contributed by atoms with Gasteiger partial charge in [-0.15, -0.1) is 0 Å². The second kappa shape index (κ2) is 6.27. The van der Waals surface area contributed by atoms with Gasteiger partial charge in [-0.05, 0) is 36.8 Å². The Morgan fingerprint density at radius 3 is 2.92 bits per heavy atom. The Hall–Kier alpha value is -2.96. The largest absolute Gasteiger partial charge is 0.417 e. The predicted octanol–water partition coefficient (Wildman–Crippen LogP) is 2.36. The molecule has 2 heterocycles. The number of fused-ring (bicyclic) bond motifs is 1. The van der Waals surface area contributed by atoms with E-state index in [2.05, 4.69) is 10.3 Å². The zero-order chi connectivity index (χ0) is 17.3. The number of H-pyrrole nitrogens is 1. The number of urea groups is 1. The maximum absolute atomic E-state index is 12.4. The smallest absolute Gasteiger partial charge is 0.408 e. The Morgan fingerprint density at radius 2 is 2.21 bits per heavy atom. The van der Waals surface area contributed by atoms with Gasteiger partial charge in [0.25, 0.3) is 0 Å². The molecule has 3 aromatic rings. The van der Waals surface area contributed by atoms with E-state index in [4.69, 9.17) is 4.42 Å². The molecule has 0 radical (unpaired) electrons. The van der Waals surface area contributed by atoms with Crippen LogP contribution in [0.1, 0.15) is 24.2 Å². The third-order valence-corrected chi connectivity index (χ3v) is 4.08. The Kier molecular flexibility index (Phi) is 4.16. The molecule has 0 saturated heterocycles. The minimum atomic E-state index is -0.485. The summed E-state index contributed by atoms with van der Waals surface area (Å²) < 4.78 is 7.04. The van der Waals surface area contributed by atoms with Crippen molar-refractivity contribution in [2.75, 3.05) is 7.05 Å². The van der Waals surface area contributed by atoms with Gasteiger partial charge >= 0.3 is 11.8 Å². The number of nitrogens with one attached hydrogen (secondary N) is 2. The number of carbonyl (C=O) groups excluding carboxylic acids is 1. The number of aromatic nitrogens is 2. The highest BCUT2D eigenvalue weighted by Crippen LogP contribution is 2.18. The summed E-state index contributed by atoms with van der Waals surface area (Å²) >= 11 is 0. The topological polar surface area (TPSA) is 83.3 Å². The van der Waals surface area contributed by atoms with Crippen LogP contribution in [0, 0.1) is 0 Å². The van der Waals surface area contributed by atoms with E-state index in [9.17, 15) is 9.59 Å². The van der Waals surface area contributed by atoms with E-state index in [0.29, 0.717) is 17.6 Å². The van der Waals surface area contributed by atoms with E-state index in [1.807, 2.05) is 42.9 Å². The summed E-state index contributed by atoms with van der Waals surface area (Å²) in [7, 11) is 3.70. The van der Waals surface area contributed by atoms with Crippen molar-refractivity contribution >= 4 is 17.1 Å². The molecule has 2 aromatic heterocycles. The maximum Gasteiger partial charge on any atom is 0.417 e. The van der Waals surface area contributed by atoms with E-state index in [-0.39, 0.29) is 12.1 Å². The van der Waals surface area contributed by atoms with Crippen molar-refractivity contribution in [3.8, 4) is 0 Å². The molecule has 24 heavy (non-hydrogen) atoms. The molecule has 0 aliphatic carbocycles. The minimum absolute atomic E-state index is 0.167. The Balaban J connectivity index is 1.68. The molecule has 0 spiro atoms. The number of rotatable bonds is 4. The average Bonchev–Trinajstić information content (AvgIpc) is 3.11. The summed E-state index contributed by atoms with van der Waals surface area (Å²) in [6, 6.07) is 8.94. The molecular weight excluding hydrogens is 308 g/mol. The van der Waals surface area contributed by atoms with E-state index in [0.717, 1.165) is 11.3 Å². The molecule has 0 aliphatic heterocycles. The second-order valence-corrected chi connectivity index (χ2v) is 5.91. The number of oxazole rings is 1. The lowest BCUT2D eigenvalue weighted by Crippen LogP contribution is -2.38. The molecule has 0 aliphatic rings. The Labute approximate surface area is 138 Å². The number of aromatic amines is 1. The van der Waals surface area contributed by atoms with Gasteiger partial charge < -0.3 is 19.2 Å². The summed E-state index contributed by atoms with van der Waals surface area (Å²) in [6.45, 7) is 2.41. The number of hydrogen-bond acceptors (Lipinski definition) is 3. The Bertz CT molecular complexity index is 921. The summed E-state index contributed by atoms with van der Waals surface area (Å²) in [4.78, 5) is 27.8. The van der Waals surface area contributed by atoms with Crippen LogP contribution in [0.2, 0.25) is 0 Å². The van der Waals surface area contributed by atoms with Gasteiger partial charge in [-0.25, -0.2) is 9.59 Å². The summed E-state index contributed by atoms with van der Waals surface area (Å²) in [5, 5.41) is 2.95. The number of carbonyl (C=O) groups is 1. The third kappa shape index (κ3) is 3.19. The monoisotopic (exact) mass is 328 g/mol. The lowest BCUT2D eigenvalue weighted by Gasteiger charge is -2.22. The van der Waals surface area contributed by atoms with Crippen molar-refractivity contribution in [2.45, 2.75) is 19.5 Å². The molecule has 0 bridgehead atoms. The van der Waals surface area contributed by atoms with Crippen LogP contribution in [0.5, 0.6) is 0 Å². The summed E-state index contributed by atoms with van der Waals surface area (Å²) in [6.07, 6.45) is 1.95. The van der Waals surface area contributed by atoms with E-state index >= 15 is 0 Å². The number of hydrogen-bond donors (Lipinski definition) is 2. The van der Waals surface area contributed by atoms with Gasteiger partial charge in [-0.3, -0.25) is 4.98 Å². The van der Waals surface area contributed by atoms with Crippen molar-refractivity contribution in [3.63, 3.8) is 0 Å². The molecule has 3 rings (SSSR count). The highest BCUT2D eigenvalue weighted by atomic mass is 16.4. The number of nitrogens with zero attached hydrogens (tertiary/aromatic N) is 2. The predicted molar refractivity (Wildman–Crippen MR) is 90.7 cm³/mol. The molecule has 2 N–H and O–H groups in total. The average molecular weight is 328 g/mol. The van der Waals surface area contributed by atoms with Gasteiger partial charge in [-0.1, -0.05) is 6.07 Å². The van der Waals surface area contributed by atoms with Crippen molar-refractivity contribution in [3.05, 3.63) is 58.3 Å². The fourth-order valence-corrected chi connectivity index (χ4v) is 2.59. The van der Waals surface area contributed by atoms with Crippen molar-refractivity contribution in [2.24, 2.45) is 7.05 Å². The minimum Gasteiger partial charge on any atom is -0.408 e. The highest BCUT2D eigenvalue weighted by molar-refractivity contribution is 5.75. The quantitative estimate of drug-likeness (QED) is 0.771. The standard InChI is InChI=1S/C17H20N4O3/c1-11(12-6-7-14-15(9-12)24-17(23)19-14)18-16(22)21(3)10-13-5-4-8-20(13)2/h4-9,11H,10H2,1-3H3,(H,18,22)(H,19,23). The van der Waals surface area contributed by atoms with Crippen LogP contribution in [0.25, 0.3) is 11.1 Å². The van der Waals surface area contributed by atoms with E-state index in [1.54, 1.807) is 24.1 Å². The first-order valence-corrected chi connectivity index (χ1v) is 7.68. The van der Waals surface area contributed by atoms with Crippen LogP contribution in [-0.2, 0) is 13.6 Å². The molecular formula is C17H20N4O3. The molecule has 0 fully saturated rings. The molecule has 1 unspecified atom stereocenters. The maximum atomic E-state index is 12.4. The van der Waals surface area contributed by atoms with Gasteiger partial charge in [0.2, 0.25) is 0 Å². The van der Waals surface area contributed by atoms with Gasteiger partial charge in [-0.2, -0.15) is 0 Å². The first-order chi connectivity index (χ1) is 11.4. The first kappa shape index (κ1) is 15.9. The SMILES string of the molecule is CC(NC(=O)N(C)Cc1cccn1C)c1ccc2[nH]c(=O)oc2c1. The van der Waals surface area contributed by atoms with E-state index in [1.165, 1.54) is 0 Å². The number of amides is 2. The Morgan fingerprint density at radius 1 is 1.42 bits per heavy atom. The molecule has 126 valence electrons. The zero-order valence-electron chi connectivity index (χ0n) is 13.9. The molecule has 2 amide bonds. The van der Waals surface area contributed by atoms with Gasteiger partial charge in [0.05, 0.1) is 18.1 Å². The van der Waals surface area contributed by atoms with Crippen LogP contribution >= 0.6 is 0 Å². The van der Waals surface area contributed by atoms with Crippen LogP contribution in [-0.4, -0.2) is 27.5 Å². The first-order valence-electron chi connectivity index (χ1n) is 7.68. The third-order valence-electron chi connectivity index (χ3n) is 4.08. The normalized spacial score (nSPS) is 12.3. The van der Waals surface area contributed by atoms with Crippen molar-refractivity contribution < 1.29 is 9.21 Å². The fraction of sp³-hybridized carbons (Fsp3) is 0.294. The summed E-state index contributed by atoms with van der Waals surface area (Å²) in [5.74, 6) is -0.485. The number of aryl methyl sites for hydroxylation is 1. The van der Waals surface area contributed by atoms with Gasteiger partial charge in [0.15, 0.2) is 5.58 Å².